The Morgan fingerprint density at radius 2 is 1.77 bits per heavy atom. The lowest BCUT2D eigenvalue weighted by Gasteiger charge is -2.10. The zero-order chi connectivity index (χ0) is 17.8. The van der Waals surface area contributed by atoms with Crippen molar-refractivity contribution < 1.29 is 4.92 Å². The summed E-state index contributed by atoms with van der Waals surface area (Å²) in [6.07, 6.45) is 1.87. The second-order valence-corrected chi connectivity index (χ2v) is 6.67. The molecule has 126 valence electrons. The van der Waals surface area contributed by atoms with Crippen LogP contribution in [-0.4, -0.2) is 18.9 Å². The normalized spacial score (nSPS) is 11.5. The molecule has 2 aromatic carbocycles. The fourth-order valence-electron chi connectivity index (χ4n) is 3.22. The predicted octanol–water partition coefficient (Wildman–Crippen LogP) is 3.76. The van der Waals surface area contributed by atoms with Crippen LogP contribution in [0.4, 0.5) is 5.69 Å². The molecule has 7 nitrogen and oxygen atoms in total. The number of fused-ring (bicyclic) bond motifs is 5. The monoisotopic (exact) mass is 362 g/mol. The number of rotatable bonds is 2. The maximum Gasteiger partial charge on any atom is 0.269 e. The van der Waals surface area contributed by atoms with Crippen molar-refractivity contribution in [3.63, 3.8) is 0 Å². The predicted molar refractivity (Wildman–Crippen MR) is 100 cm³/mol. The van der Waals surface area contributed by atoms with Crippen LogP contribution in [-0.2, 0) is 0 Å². The van der Waals surface area contributed by atoms with Gasteiger partial charge in [-0.1, -0.05) is 18.2 Å². The van der Waals surface area contributed by atoms with Crippen molar-refractivity contribution in [1.29, 1.82) is 0 Å². The van der Waals surface area contributed by atoms with Gasteiger partial charge in [0.2, 0.25) is 0 Å². The highest BCUT2D eigenvalue weighted by atomic mass is 32.1. The van der Waals surface area contributed by atoms with Crippen molar-refractivity contribution in [1.82, 2.24) is 14.0 Å². The van der Waals surface area contributed by atoms with Gasteiger partial charge >= 0.3 is 0 Å². The number of thiazole rings is 1. The van der Waals surface area contributed by atoms with E-state index in [0.29, 0.717) is 16.7 Å². The molecule has 0 aliphatic heterocycles. The number of imidazole rings is 1. The van der Waals surface area contributed by atoms with Crippen molar-refractivity contribution >= 4 is 43.9 Å². The lowest BCUT2D eigenvalue weighted by atomic mass is 10.1. The van der Waals surface area contributed by atoms with E-state index in [2.05, 4.69) is 4.98 Å². The summed E-state index contributed by atoms with van der Waals surface area (Å²) in [5.41, 5.74) is 1.73. The van der Waals surface area contributed by atoms with Gasteiger partial charge in [-0.05, 0) is 18.2 Å². The van der Waals surface area contributed by atoms with Gasteiger partial charge in [0.25, 0.3) is 11.2 Å². The molecule has 3 heterocycles. The minimum absolute atomic E-state index is 0.0206. The molecule has 0 atom stereocenters. The Labute approximate surface area is 149 Å². The molecule has 0 saturated carbocycles. The number of aromatic nitrogens is 3. The largest absolute Gasteiger partial charge is 0.276 e. The molecule has 0 amide bonds. The van der Waals surface area contributed by atoms with Gasteiger partial charge in [-0.2, -0.15) is 0 Å². The number of non-ortho nitro benzene ring substituents is 1. The molecular formula is C18H10N4O3S. The van der Waals surface area contributed by atoms with E-state index in [0.717, 1.165) is 15.9 Å². The highest BCUT2D eigenvalue weighted by Crippen LogP contribution is 2.28. The third-order valence-electron chi connectivity index (χ3n) is 4.38. The summed E-state index contributed by atoms with van der Waals surface area (Å²) in [6, 6.07) is 13.3. The Bertz CT molecular complexity index is 1380. The zero-order valence-corrected chi connectivity index (χ0v) is 14.0. The third-order valence-corrected chi connectivity index (χ3v) is 5.14. The lowest BCUT2D eigenvalue weighted by molar-refractivity contribution is -0.384. The van der Waals surface area contributed by atoms with Gasteiger partial charge in [0.1, 0.15) is 5.52 Å². The van der Waals surface area contributed by atoms with E-state index in [-0.39, 0.29) is 11.2 Å². The highest BCUT2D eigenvalue weighted by molar-refractivity contribution is 7.15. The smallest absolute Gasteiger partial charge is 0.269 e. The number of nitro benzene ring substituents is 1. The van der Waals surface area contributed by atoms with Gasteiger partial charge < -0.3 is 0 Å². The number of nitrogens with zero attached hydrogens (tertiary/aromatic N) is 4. The molecule has 0 aliphatic carbocycles. The molecule has 0 fully saturated rings. The second-order valence-electron chi connectivity index (χ2n) is 5.80. The van der Waals surface area contributed by atoms with E-state index in [1.807, 2.05) is 34.2 Å². The van der Waals surface area contributed by atoms with Crippen LogP contribution in [0.5, 0.6) is 0 Å². The summed E-state index contributed by atoms with van der Waals surface area (Å²) in [7, 11) is 0. The molecule has 3 aromatic heterocycles. The van der Waals surface area contributed by atoms with Crippen LogP contribution < -0.4 is 5.56 Å². The Hall–Kier alpha value is -3.52. The first-order valence-corrected chi connectivity index (χ1v) is 8.67. The fraction of sp³-hybridized carbons (Fsp3) is 0. The quantitative estimate of drug-likeness (QED) is 0.354. The average molecular weight is 362 g/mol. The maximum atomic E-state index is 13.2. The Morgan fingerprint density at radius 3 is 2.50 bits per heavy atom. The van der Waals surface area contributed by atoms with Gasteiger partial charge in [0.05, 0.1) is 10.6 Å². The molecule has 8 heteroatoms. The molecule has 5 rings (SSSR count). The second kappa shape index (κ2) is 5.24. The van der Waals surface area contributed by atoms with Crippen molar-refractivity contribution in [3.05, 3.63) is 80.6 Å². The lowest BCUT2D eigenvalue weighted by Crippen LogP contribution is -2.19. The van der Waals surface area contributed by atoms with Crippen LogP contribution in [0.15, 0.2) is 64.9 Å². The highest BCUT2D eigenvalue weighted by Gasteiger charge is 2.18. The molecule has 0 aliphatic rings. The van der Waals surface area contributed by atoms with E-state index in [1.54, 1.807) is 22.8 Å². The molecule has 0 unspecified atom stereocenters. The topological polar surface area (TPSA) is 82.4 Å². The van der Waals surface area contributed by atoms with Crippen LogP contribution in [0, 0.1) is 10.1 Å². The van der Waals surface area contributed by atoms with Gasteiger partial charge in [-0.25, -0.2) is 4.98 Å². The third kappa shape index (κ3) is 1.93. The molecule has 5 aromatic rings. The Balaban J connectivity index is 1.97. The van der Waals surface area contributed by atoms with Crippen LogP contribution >= 0.6 is 11.3 Å². The van der Waals surface area contributed by atoms with Crippen LogP contribution in [0.1, 0.15) is 0 Å². The van der Waals surface area contributed by atoms with Crippen molar-refractivity contribution in [2.45, 2.75) is 0 Å². The van der Waals surface area contributed by atoms with Crippen molar-refractivity contribution in [2.24, 2.45) is 0 Å². The molecule has 0 radical (unpaired) electrons. The number of hydrogen-bond donors (Lipinski definition) is 0. The van der Waals surface area contributed by atoms with Gasteiger partial charge in [-0.15, -0.1) is 11.3 Å². The fourth-order valence-corrected chi connectivity index (χ4v) is 3.93. The molecule has 0 saturated heterocycles. The van der Waals surface area contributed by atoms with Crippen LogP contribution in [0.25, 0.3) is 32.6 Å². The summed E-state index contributed by atoms with van der Waals surface area (Å²) in [6.45, 7) is 0. The maximum absolute atomic E-state index is 13.2. The van der Waals surface area contributed by atoms with Crippen LogP contribution in [0.3, 0.4) is 0 Å². The summed E-state index contributed by atoms with van der Waals surface area (Å²) < 4.78 is 3.43. The molecule has 0 spiro atoms. The minimum atomic E-state index is -0.460. The van der Waals surface area contributed by atoms with Gasteiger partial charge in [-0.3, -0.25) is 23.9 Å². The first kappa shape index (κ1) is 14.8. The summed E-state index contributed by atoms with van der Waals surface area (Å²) in [5.74, 6) is 0. The van der Waals surface area contributed by atoms with Gasteiger partial charge in [0, 0.05) is 34.5 Å². The first-order chi connectivity index (χ1) is 12.6. The Morgan fingerprint density at radius 1 is 1.04 bits per heavy atom. The van der Waals surface area contributed by atoms with Gasteiger partial charge in [0.15, 0.2) is 10.6 Å². The van der Waals surface area contributed by atoms with Crippen molar-refractivity contribution in [3.8, 4) is 5.69 Å². The van der Waals surface area contributed by atoms with Crippen LogP contribution in [0.2, 0.25) is 0 Å². The zero-order valence-electron chi connectivity index (χ0n) is 13.2. The van der Waals surface area contributed by atoms with E-state index < -0.39 is 4.92 Å². The molecule has 0 bridgehead atoms. The molecule has 0 N–H and O–H groups in total. The number of benzene rings is 2. The minimum Gasteiger partial charge on any atom is -0.276 e. The number of nitro groups is 1. The van der Waals surface area contributed by atoms with E-state index in [4.69, 9.17) is 0 Å². The molecule has 26 heavy (non-hydrogen) atoms. The van der Waals surface area contributed by atoms with E-state index in [1.165, 1.54) is 23.5 Å². The average Bonchev–Trinajstić information content (AvgIpc) is 3.24. The summed E-state index contributed by atoms with van der Waals surface area (Å²) >= 11 is 1.48. The number of pyridine rings is 1. The summed E-state index contributed by atoms with van der Waals surface area (Å²) in [4.78, 5) is 29.2. The summed E-state index contributed by atoms with van der Waals surface area (Å²) in [5, 5.41) is 14.2. The van der Waals surface area contributed by atoms with E-state index >= 15 is 0 Å². The standard InChI is InChI=1S/C18H10N4O3S/c23-17-14-4-2-1-3-13(14)15-16(20-9-10-26-18(20)19-15)21(17)11-5-7-12(8-6-11)22(24)25/h1-10H. The SMILES string of the molecule is O=c1c2ccccc2c2nc3sccn3c2n1-c1ccc([N+](=O)[O-])cc1. The van der Waals surface area contributed by atoms with Crippen molar-refractivity contribution in [2.75, 3.05) is 0 Å². The van der Waals surface area contributed by atoms with E-state index in [9.17, 15) is 14.9 Å². The Kier molecular flexibility index (Phi) is 2.98. The number of hydrogen-bond acceptors (Lipinski definition) is 5. The molecular weight excluding hydrogens is 352 g/mol. The first-order valence-electron chi connectivity index (χ1n) is 7.79.